The molecule has 0 N–H and O–H groups in total. The zero-order valence-electron chi connectivity index (χ0n) is 13.1. The molecule has 0 radical (unpaired) electrons. The molecule has 1 aliphatic heterocycles. The second kappa shape index (κ2) is 6.43. The van der Waals surface area contributed by atoms with Crippen molar-refractivity contribution in [3.63, 3.8) is 0 Å². The molecule has 0 aliphatic carbocycles. The van der Waals surface area contributed by atoms with E-state index in [-0.39, 0.29) is 12.7 Å². The summed E-state index contributed by atoms with van der Waals surface area (Å²) >= 11 is 12.5. The van der Waals surface area contributed by atoms with E-state index in [0.717, 1.165) is 16.7 Å². The van der Waals surface area contributed by atoms with Gasteiger partial charge in [-0.15, -0.1) is 0 Å². The number of hydrogen-bond donors (Lipinski definition) is 0. The van der Waals surface area contributed by atoms with Crippen LogP contribution in [0, 0.1) is 6.92 Å². The Morgan fingerprint density at radius 3 is 2.88 bits per heavy atom. The molecule has 1 aromatic heterocycles. The zero-order valence-corrected chi connectivity index (χ0v) is 14.6. The Balaban J connectivity index is 1.66. The third-order valence-electron chi connectivity index (χ3n) is 3.76. The van der Waals surface area contributed by atoms with Gasteiger partial charge in [0, 0.05) is 5.56 Å². The Labute approximate surface area is 153 Å². The molecule has 25 heavy (non-hydrogen) atoms. The monoisotopic (exact) mass is 374 g/mol. The van der Waals surface area contributed by atoms with Crippen LogP contribution in [-0.4, -0.2) is 16.9 Å². The Bertz CT molecular complexity index is 982. The molecule has 126 valence electrons. The second-order valence-corrected chi connectivity index (χ2v) is 6.28. The number of nitrogens with zero attached hydrogens (tertiary/aromatic N) is 2. The van der Waals surface area contributed by atoms with Gasteiger partial charge in [-0.2, -0.15) is 4.98 Å². The van der Waals surface area contributed by atoms with Crippen molar-refractivity contribution in [2.45, 2.75) is 6.92 Å². The number of ether oxygens (including phenoxy) is 2. The zero-order chi connectivity index (χ0) is 17.4. The number of fused-ring (bicyclic) bond motifs is 1. The first-order valence-electron chi connectivity index (χ1n) is 7.48. The Hall–Kier alpha value is -2.50. The topological polar surface area (TPSA) is 57.4 Å². The molecule has 4 rings (SSSR count). The molecule has 3 aromatic rings. The van der Waals surface area contributed by atoms with Crippen molar-refractivity contribution in [1.82, 2.24) is 10.1 Å². The SMILES string of the molecule is Cc1ccccc1-c1noc(/C(Cl)=C/c2cc(Cl)c3c(c2)OCO3)n1. The van der Waals surface area contributed by atoms with E-state index in [0.29, 0.717) is 27.4 Å². The Kier molecular flexibility index (Phi) is 4.11. The maximum Gasteiger partial charge on any atom is 0.269 e. The van der Waals surface area contributed by atoms with E-state index in [4.69, 9.17) is 37.2 Å². The summed E-state index contributed by atoms with van der Waals surface area (Å²) in [6.45, 7) is 2.14. The van der Waals surface area contributed by atoms with Crippen LogP contribution < -0.4 is 9.47 Å². The lowest BCUT2D eigenvalue weighted by atomic mass is 10.1. The predicted molar refractivity (Wildman–Crippen MR) is 95.8 cm³/mol. The minimum absolute atomic E-state index is 0.152. The third kappa shape index (κ3) is 3.08. The first kappa shape index (κ1) is 16.0. The van der Waals surface area contributed by atoms with E-state index in [1.54, 1.807) is 18.2 Å². The highest BCUT2D eigenvalue weighted by Gasteiger charge is 2.19. The molecule has 0 bridgehead atoms. The van der Waals surface area contributed by atoms with E-state index in [9.17, 15) is 0 Å². The van der Waals surface area contributed by atoms with Crippen LogP contribution in [0.2, 0.25) is 5.02 Å². The molecule has 5 nitrogen and oxygen atoms in total. The molecule has 0 spiro atoms. The summed E-state index contributed by atoms with van der Waals surface area (Å²) < 4.78 is 15.9. The predicted octanol–water partition coefficient (Wildman–Crippen LogP) is 5.16. The largest absolute Gasteiger partial charge is 0.454 e. The molecule has 0 amide bonds. The number of aryl methyl sites for hydroxylation is 1. The minimum Gasteiger partial charge on any atom is -0.454 e. The number of benzene rings is 2. The summed E-state index contributed by atoms with van der Waals surface area (Å²) in [7, 11) is 0. The van der Waals surface area contributed by atoms with Gasteiger partial charge in [-0.05, 0) is 36.3 Å². The summed E-state index contributed by atoms with van der Waals surface area (Å²) in [5.74, 6) is 1.83. The molecule has 0 atom stereocenters. The number of hydrogen-bond acceptors (Lipinski definition) is 5. The quantitative estimate of drug-likeness (QED) is 0.633. The number of aromatic nitrogens is 2. The van der Waals surface area contributed by atoms with Gasteiger partial charge in [0.25, 0.3) is 5.89 Å². The van der Waals surface area contributed by atoms with Crippen LogP contribution in [-0.2, 0) is 0 Å². The fraction of sp³-hybridized carbons (Fsp3) is 0.111. The maximum absolute atomic E-state index is 6.33. The van der Waals surface area contributed by atoms with Crippen molar-refractivity contribution in [3.8, 4) is 22.9 Å². The van der Waals surface area contributed by atoms with Gasteiger partial charge in [0.2, 0.25) is 12.6 Å². The van der Waals surface area contributed by atoms with Gasteiger partial charge in [-0.25, -0.2) is 0 Å². The maximum atomic E-state index is 6.33. The van der Waals surface area contributed by atoms with Crippen molar-refractivity contribution in [2.75, 3.05) is 6.79 Å². The summed E-state index contributed by atoms with van der Waals surface area (Å²) in [6.07, 6.45) is 1.69. The van der Waals surface area contributed by atoms with Gasteiger partial charge in [-0.1, -0.05) is 52.6 Å². The summed E-state index contributed by atoms with van der Waals surface area (Å²) in [5, 5.41) is 4.77. The smallest absolute Gasteiger partial charge is 0.269 e. The van der Waals surface area contributed by atoms with Crippen LogP contribution >= 0.6 is 23.2 Å². The lowest BCUT2D eigenvalue weighted by Crippen LogP contribution is -1.93. The molecule has 0 fully saturated rings. The minimum atomic E-state index is 0.152. The lowest BCUT2D eigenvalue weighted by molar-refractivity contribution is 0.174. The Morgan fingerprint density at radius 1 is 1.20 bits per heavy atom. The first-order valence-corrected chi connectivity index (χ1v) is 8.24. The first-order chi connectivity index (χ1) is 12.1. The van der Waals surface area contributed by atoms with Crippen molar-refractivity contribution in [2.24, 2.45) is 0 Å². The lowest BCUT2D eigenvalue weighted by Gasteiger charge is -2.01. The normalized spacial score (nSPS) is 13.3. The van der Waals surface area contributed by atoms with Crippen molar-refractivity contribution in [3.05, 3.63) is 58.4 Å². The Morgan fingerprint density at radius 2 is 2.04 bits per heavy atom. The van der Waals surface area contributed by atoms with Gasteiger partial charge in [0.1, 0.15) is 5.03 Å². The fourth-order valence-electron chi connectivity index (χ4n) is 2.53. The van der Waals surface area contributed by atoms with Crippen LogP contribution in [0.25, 0.3) is 22.5 Å². The highest BCUT2D eigenvalue weighted by Crippen LogP contribution is 2.40. The van der Waals surface area contributed by atoms with E-state index in [1.165, 1.54) is 0 Å². The second-order valence-electron chi connectivity index (χ2n) is 5.47. The van der Waals surface area contributed by atoms with Gasteiger partial charge < -0.3 is 14.0 Å². The number of rotatable bonds is 3. The molecule has 1 aliphatic rings. The molecule has 0 saturated carbocycles. The third-order valence-corrected chi connectivity index (χ3v) is 4.31. The molecule has 0 saturated heterocycles. The van der Waals surface area contributed by atoms with Crippen LogP contribution in [0.3, 0.4) is 0 Å². The summed E-state index contributed by atoms with van der Waals surface area (Å²) in [5.41, 5.74) is 2.69. The van der Waals surface area contributed by atoms with Gasteiger partial charge >= 0.3 is 0 Å². The molecular weight excluding hydrogens is 363 g/mol. The van der Waals surface area contributed by atoms with Crippen LogP contribution in [0.1, 0.15) is 17.0 Å². The highest BCUT2D eigenvalue weighted by molar-refractivity contribution is 6.50. The standard InChI is InChI=1S/C18H12Cl2N2O3/c1-10-4-2-3-5-12(10)17-21-18(25-22-17)14(20)7-11-6-13(19)16-15(8-11)23-9-24-16/h2-8H,9H2,1H3/b14-7-. The molecule has 2 heterocycles. The van der Waals surface area contributed by atoms with Gasteiger partial charge in [0.05, 0.1) is 5.02 Å². The summed E-state index contributed by atoms with van der Waals surface area (Å²) in [4.78, 5) is 4.37. The number of halogens is 2. The highest BCUT2D eigenvalue weighted by atomic mass is 35.5. The fourth-order valence-corrected chi connectivity index (χ4v) is 3.01. The van der Waals surface area contributed by atoms with Gasteiger partial charge in [0.15, 0.2) is 11.5 Å². The molecular formula is C18H12Cl2N2O3. The average Bonchev–Trinajstić information content (AvgIpc) is 3.24. The summed E-state index contributed by atoms with van der Waals surface area (Å²) in [6, 6.07) is 11.3. The van der Waals surface area contributed by atoms with Gasteiger partial charge in [-0.3, -0.25) is 0 Å². The van der Waals surface area contributed by atoms with Crippen LogP contribution in [0.4, 0.5) is 0 Å². The average molecular weight is 375 g/mol. The molecule has 0 unspecified atom stereocenters. The van der Waals surface area contributed by atoms with Crippen molar-refractivity contribution in [1.29, 1.82) is 0 Å². The molecule has 2 aromatic carbocycles. The van der Waals surface area contributed by atoms with E-state index < -0.39 is 0 Å². The van der Waals surface area contributed by atoms with E-state index in [2.05, 4.69) is 10.1 Å². The van der Waals surface area contributed by atoms with Crippen molar-refractivity contribution >= 4 is 34.3 Å². The van der Waals surface area contributed by atoms with Crippen molar-refractivity contribution < 1.29 is 14.0 Å². The van der Waals surface area contributed by atoms with Crippen LogP contribution in [0.15, 0.2) is 40.9 Å². The van der Waals surface area contributed by atoms with Crippen LogP contribution in [0.5, 0.6) is 11.5 Å². The van der Waals surface area contributed by atoms with E-state index in [1.807, 2.05) is 31.2 Å². The molecule has 7 heteroatoms. The van der Waals surface area contributed by atoms with E-state index >= 15 is 0 Å².